The lowest BCUT2D eigenvalue weighted by atomic mass is 10.1. The number of para-hydroxylation sites is 1. The van der Waals surface area contributed by atoms with Crippen LogP contribution in [0, 0.1) is 6.92 Å². The Labute approximate surface area is 154 Å². The molecular formula is C20H15N3O2S. The average molecular weight is 361 g/mol. The van der Waals surface area contributed by atoms with Crippen molar-refractivity contribution in [2.45, 2.75) is 13.5 Å². The van der Waals surface area contributed by atoms with E-state index in [-0.39, 0.29) is 12.3 Å². The molecule has 0 saturated carbocycles. The Balaban J connectivity index is 1.63. The molecule has 0 aliphatic heterocycles. The second-order valence-electron chi connectivity index (χ2n) is 5.74. The molecule has 4 rings (SSSR count). The molecule has 26 heavy (non-hydrogen) atoms. The van der Waals surface area contributed by atoms with Crippen molar-refractivity contribution >= 4 is 27.5 Å². The number of carbonyl (C=O) groups is 1. The number of ether oxygens (including phenoxy) is 1. The number of hydrogen-bond donors (Lipinski definition) is 0. The van der Waals surface area contributed by atoms with E-state index in [0.717, 1.165) is 21.3 Å². The van der Waals surface area contributed by atoms with Crippen molar-refractivity contribution in [1.29, 1.82) is 0 Å². The molecule has 0 radical (unpaired) electrons. The fraction of sp³-hybridized carbons (Fsp3) is 0.100. The first kappa shape index (κ1) is 16.4. The number of fused-ring (bicyclic) bond motifs is 1. The van der Waals surface area contributed by atoms with Crippen LogP contribution >= 0.6 is 11.3 Å². The molecule has 0 fully saturated rings. The van der Waals surface area contributed by atoms with E-state index in [1.165, 1.54) is 17.5 Å². The highest BCUT2D eigenvalue weighted by atomic mass is 32.1. The molecule has 5 nitrogen and oxygen atoms in total. The highest BCUT2D eigenvalue weighted by Crippen LogP contribution is 2.30. The van der Waals surface area contributed by atoms with Crippen LogP contribution < -0.4 is 0 Å². The number of carbonyl (C=O) groups excluding carboxylic acids is 1. The van der Waals surface area contributed by atoms with Crippen molar-refractivity contribution in [2.24, 2.45) is 0 Å². The van der Waals surface area contributed by atoms with Crippen molar-refractivity contribution in [1.82, 2.24) is 15.0 Å². The topological polar surface area (TPSA) is 65.0 Å². The third kappa shape index (κ3) is 3.19. The molecule has 0 atom stereocenters. The summed E-state index contributed by atoms with van der Waals surface area (Å²) in [6, 6.07) is 15.6. The van der Waals surface area contributed by atoms with Crippen LogP contribution in [-0.4, -0.2) is 20.9 Å². The fourth-order valence-electron chi connectivity index (χ4n) is 2.60. The molecule has 0 aliphatic carbocycles. The Hall–Kier alpha value is -3.12. The van der Waals surface area contributed by atoms with Crippen LogP contribution in [0.3, 0.4) is 0 Å². The molecule has 0 spiro atoms. The summed E-state index contributed by atoms with van der Waals surface area (Å²) in [5, 5.41) is 0.655. The maximum Gasteiger partial charge on any atom is 0.359 e. The minimum atomic E-state index is -0.504. The van der Waals surface area contributed by atoms with Crippen molar-refractivity contribution in [3.8, 4) is 10.7 Å². The predicted molar refractivity (Wildman–Crippen MR) is 101 cm³/mol. The third-order valence-electron chi connectivity index (χ3n) is 4.01. The average Bonchev–Trinajstić information content (AvgIpc) is 3.11. The van der Waals surface area contributed by atoms with Crippen molar-refractivity contribution in [2.75, 3.05) is 0 Å². The van der Waals surface area contributed by atoms with E-state index in [1.807, 2.05) is 55.5 Å². The standard InChI is InChI=1S/C20H15N3O2S/c1-13-6-2-3-7-14(13)12-25-20(24)18-17(21-10-11-22-18)19-23-15-8-4-5-9-16(15)26-19/h2-11H,12H2,1H3. The van der Waals surface area contributed by atoms with Gasteiger partial charge in [0.25, 0.3) is 0 Å². The Kier molecular flexibility index (Phi) is 4.41. The van der Waals surface area contributed by atoms with Gasteiger partial charge < -0.3 is 4.74 Å². The summed E-state index contributed by atoms with van der Waals surface area (Å²) in [7, 11) is 0. The van der Waals surface area contributed by atoms with Gasteiger partial charge in [-0.1, -0.05) is 36.4 Å². The number of hydrogen-bond acceptors (Lipinski definition) is 6. The van der Waals surface area contributed by atoms with Gasteiger partial charge in [-0.05, 0) is 30.2 Å². The molecule has 0 saturated heterocycles. The van der Waals surface area contributed by atoms with Crippen molar-refractivity contribution in [3.63, 3.8) is 0 Å². The molecule has 2 aromatic heterocycles. The summed E-state index contributed by atoms with van der Waals surface area (Å²) >= 11 is 1.48. The molecule has 0 bridgehead atoms. The normalized spacial score (nSPS) is 10.8. The highest BCUT2D eigenvalue weighted by Gasteiger charge is 2.20. The largest absolute Gasteiger partial charge is 0.456 e. The summed E-state index contributed by atoms with van der Waals surface area (Å²) in [5.74, 6) is -0.504. The minimum Gasteiger partial charge on any atom is -0.456 e. The Morgan fingerprint density at radius 3 is 2.65 bits per heavy atom. The van der Waals surface area contributed by atoms with Gasteiger partial charge in [-0.25, -0.2) is 19.7 Å². The number of esters is 1. The van der Waals surface area contributed by atoms with Crippen molar-refractivity contribution < 1.29 is 9.53 Å². The van der Waals surface area contributed by atoms with Gasteiger partial charge in [0.05, 0.1) is 10.2 Å². The van der Waals surface area contributed by atoms with Crippen LogP contribution in [0.2, 0.25) is 0 Å². The Morgan fingerprint density at radius 2 is 1.81 bits per heavy atom. The highest BCUT2D eigenvalue weighted by molar-refractivity contribution is 7.21. The van der Waals surface area contributed by atoms with Gasteiger partial charge in [0, 0.05) is 12.4 Å². The van der Waals surface area contributed by atoms with E-state index in [4.69, 9.17) is 4.74 Å². The lowest BCUT2D eigenvalue weighted by Crippen LogP contribution is -2.10. The second kappa shape index (κ2) is 7.01. The summed E-state index contributed by atoms with van der Waals surface area (Å²) < 4.78 is 6.50. The molecular weight excluding hydrogens is 346 g/mol. The first-order valence-electron chi connectivity index (χ1n) is 8.11. The van der Waals surface area contributed by atoms with Gasteiger partial charge in [-0.15, -0.1) is 11.3 Å². The van der Waals surface area contributed by atoms with Crippen LogP contribution in [0.4, 0.5) is 0 Å². The lowest BCUT2D eigenvalue weighted by molar-refractivity contribution is 0.0465. The zero-order chi connectivity index (χ0) is 17.9. The number of rotatable bonds is 4. The van der Waals surface area contributed by atoms with Gasteiger partial charge in [-0.3, -0.25) is 0 Å². The van der Waals surface area contributed by atoms with E-state index in [2.05, 4.69) is 15.0 Å². The Bertz CT molecular complexity index is 1060. The van der Waals surface area contributed by atoms with Crippen LogP contribution in [-0.2, 0) is 11.3 Å². The maximum atomic E-state index is 12.6. The van der Waals surface area contributed by atoms with Crippen molar-refractivity contribution in [3.05, 3.63) is 77.7 Å². The number of aryl methyl sites for hydroxylation is 1. The maximum absolute atomic E-state index is 12.6. The first-order chi connectivity index (χ1) is 12.7. The molecule has 0 unspecified atom stereocenters. The summed E-state index contributed by atoms with van der Waals surface area (Å²) in [6.45, 7) is 2.18. The Morgan fingerprint density at radius 1 is 1.04 bits per heavy atom. The number of thiazole rings is 1. The predicted octanol–water partition coefficient (Wildman–Crippen LogP) is 4.42. The molecule has 2 heterocycles. The molecule has 4 aromatic rings. The SMILES string of the molecule is Cc1ccccc1COC(=O)c1nccnc1-c1nc2ccccc2s1. The minimum absolute atomic E-state index is 0.181. The quantitative estimate of drug-likeness (QED) is 0.504. The third-order valence-corrected chi connectivity index (χ3v) is 5.05. The molecule has 0 aliphatic rings. The van der Waals surface area contributed by atoms with Gasteiger partial charge in [0.1, 0.15) is 17.3 Å². The number of aromatic nitrogens is 3. The molecule has 0 N–H and O–H groups in total. The van der Waals surface area contributed by atoms with Gasteiger partial charge in [0.2, 0.25) is 0 Å². The molecule has 128 valence electrons. The second-order valence-corrected chi connectivity index (χ2v) is 6.77. The summed E-state index contributed by atoms with van der Waals surface area (Å²) in [5.41, 5.74) is 3.54. The molecule has 2 aromatic carbocycles. The van der Waals surface area contributed by atoms with Gasteiger partial charge in [0.15, 0.2) is 5.69 Å². The number of benzene rings is 2. The van der Waals surface area contributed by atoms with Crippen LogP contribution in [0.5, 0.6) is 0 Å². The van der Waals surface area contributed by atoms with E-state index in [9.17, 15) is 4.79 Å². The molecule has 0 amide bonds. The van der Waals surface area contributed by atoms with E-state index >= 15 is 0 Å². The van der Waals surface area contributed by atoms with Gasteiger partial charge in [-0.2, -0.15) is 0 Å². The zero-order valence-corrected chi connectivity index (χ0v) is 14.9. The van der Waals surface area contributed by atoms with Crippen LogP contribution in [0.25, 0.3) is 20.9 Å². The summed E-state index contributed by atoms with van der Waals surface area (Å²) in [4.78, 5) is 25.7. The zero-order valence-electron chi connectivity index (χ0n) is 14.0. The molecule has 6 heteroatoms. The van der Waals surface area contributed by atoms with Crippen LogP contribution in [0.15, 0.2) is 60.9 Å². The van der Waals surface area contributed by atoms with E-state index in [0.29, 0.717) is 10.7 Å². The van der Waals surface area contributed by atoms with Crippen LogP contribution in [0.1, 0.15) is 21.6 Å². The smallest absolute Gasteiger partial charge is 0.359 e. The fourth-order valence-corrected chi connectivity index (χ4v) is 3.56. The monoisotopic (exact) mass is 361 g/mol. The van der Waals surface area contributed by atoms with Gasteiger partial charge >= 0.3 is 5.97 Å². The number of nitrogens with zero attached hydrogens (tertiary/aromatic N) is 3. The first-order valence-corrected chi connectivity index (χ1v) is 8.92. The summed E-state index contributed by atoms with van der Waals surface area (Å²) in [6.07, 6.45) is 3.04. The van der Waals surface area contributed by atoms with E-state index < -0.39 is 5.97 Å². The lowest BCUT2D eigenvalue weighted by Gasteiger charge is -2.08. The van der Waals surface area contributed by atoms with E-state index in [1.54, 1.807) is 6.20 Å².